The number of carbonyl (C=O) groups is 1. The van der Waals surface area contributed by atoms with Crippen molar-refractivity contribution in [2.45, 2.75) is 19.6 Å². The number of cyclic esters (lactones) is 1. The maximum atomic E-state index is 13.0. The molecular weight excluding hydrogens is 498 g/mol. The van der Waals surface area contributed by atoms with E-state index >= 15 is 0 Å². The summed E-state index contributed by atoms with van der Waals surface area (Å²) in [5.41, 5.74) is 6.36. The van der Waals surface area contributed by atoms with Crippen molar-refractivity contribution in [2.75, 3.05) is 11.5 Å². The van der Waals surface area contributed by atoms with Crippen molar-refractivity contribution in [3.8, 4) is 16.9 Å². The Labute approximate surface area is 234 Å². The summed E-state index contributed by atoms with van der Waals surface area (Å²) in [4.78, 5) is 14.7. The smallest absolute Gasteiger partial charge is 0.415 e. The van der Waals surface area contributed by atoms with E-state index in [1.165, 1.54) is 0 Å². The Kier molecular flexibility index (Phi) is 8.12. The van der Waals surface area contributed by atoms with Crippen molar-refractivity contribution in [1.82, 2.24) is 0 Å². The van der Waals surface area contributed by atoms with Gasteiger partial charge in [0.05, 0.1) is 0 Å². The van der Waals surface area contributed by atoms with Crippen LogP contribution in [-0.4, -0.2) is 17.8 Å². The average molecular weight is 530 g/mol. The van der Waals surface area contributed by atoms with E-state index in [0.29, 0.717) is 12.4 Å². The normalized spacial score (nSPS) is 15.6. The van der Waals surface area contributed by atoms with Crippen LogP contribution in [0.1, 0.15) is 29.7 Å². The van der Waals surface area contributed by atoms with Gasteiger partial charge in [-0.2, -0.15) is 0 Å². The van der Waals surface area contributed by atoms with Crippen LogP contribution in [-0.2, 0) is 11.3 Å². The van der Waals surface area contributed by atoms with E-state index in [1.54, 1.807) is 30.1 Å². The van der Waals surface area contributed by atoms with Crippen molar-refractivity contribution in [2.24, 2.45) is 0 Å². The zero-order valence-electron chi connectivity index (χ0n) is 22.4. The van der Waals surface area contributed by atoms with Crippen LogP contribution in [0.3, 0.4) is 0 Å². The predicted molar refractivity (Wildman–Crippen MR) is 160 cm³/mol. The molecule has 1 unspecified atom stereocenters. The molecule has 5 heteroatoms. The number of amides is 1. The highest BCUT2D eigenvalue weighted by Gasteiger charge is 2.37. The number of aliphatic hydroxyl groups is 1. The van der Waals surface area contributed by atoms with Crippen LogP contribution in [0.4, 0.5) is 10.5 Å². The minimum atomic E-state index is -0.403. The van der Waals surface area contributed by atoms with E-state index in [2.05, 4.69) is 18.7 Å². The van der Waals surface area contributed by atoms with E-state index < -0.39 is 6.09 Å². The number of aliphatic hydroxyl groups excluding tert-OH is 1. The zero-order chi connectivity index (χ0) is 27.9. The van der Waals surface area contributed by atoms with Gasteiger partial charge in [0.1, 0.15) is 30.8 Å². The molecule has 40 heavy (non-hydrogen) atoms. The molecule has 1 aliphatic rings. The Bertz CT molecular complexity index is 1540. The molecule has 1 heterocycles. The van der Waals surface area contributed by atoms with Crippen molar-refractivity contribution in [1.29, 1.82) is 0 Å². The average Bonchev–Trinajstić information content (AvgIpc) is 3.40. The van der Waals surface area contributed by atoms with Gasteiger partial charge in [-0.25, -0.2) is 4.79 Å². The summed E-state index contributed by atoms with van der Waals surface area (Å²) < 4.78 is 11.9. The number of hydrogen-bond acceptors (Lipinski definition) is 4. The Hall–Kier alpha value is -5.03. The highest BCUT2D eigenvalue weighted by molar-refractivity contribution is 5.91. The number of anilines is 1. The maximum absolute atomic E-state index is 13.0. The fourth-order valence-corrected chi connectivity index (χ4v) is 4.73. The molecule has 200 valence electrons. The lowest BCUT2D eigenvalue weighted by Crippen LogP contribution is -2.27. The van der Waals surface area contributed by atoms with E-state index in [4.69, 9.17) is 9.47 Å². The molecule has 0 aliphatic carbocycles. The molecule has 0 radical (unpaired) electrons. The lowest BCUT2D eigenvalue weighted by Gasteiger charge is -2.24. The minimum absolute atomic E-state index is 0.144. The van der Waals surface area contributed by atoms with Gasteiger partial charge in [0.2, 0.25) is 0 Å². The first kappa shape index (κ1) is 26.6. The van der Waals surface area contributed by atoms with Crippen LogP contribution in [0.2, 0.25) is 0 Å². The fraction of sp³-hybridized carbons (Fsp3) is 0.114. The maximum Gasteiger partial charge on any atom is 0.415 e. The molecular formula is C35H31NO4. The van der Waals surface area contributed by atoms with Crippen LogP contribution < -0.4 is 9.64 Å². The van der Waals surface area contributed by atoms with Gasteiger partial charge in [0, 0.05) is 11.3 Å². The largest absolute Gasteiger partial charge is 0.508 e. The van der Waals surface area contributed by atoms with E-state index in [-0.39, 0.29) is 18.4 Å². The van der Waals surface area contributed by atoms with Gasteiger partial charge < -0.3 is 14.6 Å². The van der Waals surface area contributed by atoms with Gasteiger partial charge in [0.15, 0.2) is 0 Å². The van der Waals surface area contributed by atoms with Gasteiger partial charge in [-0.1, -0.05) is 97.6 Å². The molecule has 0 aromatic heterocycles. The third kappa shape index (κ3) is 5.84. The molecule has 4 aromatic rings. The number of ether oxygens (including phenoxy) is 2. The summed E-state index contributed by atoms with van der Waals surface area (Å²) in [5, 5.41) is 10.1. The second-order valence-corrected chi connectivity index (χ2v) is 9.42. The van der Waals surface area contributed by atoms with Crippen LogP contribution in [0.25, 0.3) is 16.7 Å². The Morgan fingerprint density at radius 2 is 1.65 bits per heavy atom. The van der Waals surface area contributed by atoms with E-state index in [1.807, 2.05) is 91.0 Å². The van der Waals surface area contributed by atoms with Crippen molar-refractivity contribution >= 4 is 17.4 Å². The lowest BCUT2D eigenvalue weighted by molar-refractivity contribution is 0.178. The second-order valence-electron chi connectivity index (χ2n) is 9.42. The molecule has 1 N–H and O–H groups in total. The second kappa shape index (κ2) is 12.2. The third-order valence-electron chi connectivity index (χ3n) is 6.89. The number of benzene rings is 4. The first-order chi connectivity index (χ1) is 19.6. The molecule has 4 aromatic carbocycles. The molecule has 1 atom stereocenters. The fourth-order valence-electron chi connectivity index (χ4n) is 4.73. The highest BCUT2D eigenvalue weighted by atomic mass is 16.6. The Morgan fingerprint density at radius 3 is 2.33 bits per heavy atom. The van der Waals surface area contributed by atoms with Gasteiger partial charge in [-0.3, -0.25) is 4.90 Å². The number of hydrogen-bond donors (Lipinski definition) is 1. The van der Waals surface area contributed by atoms with E-state index in [9.17, 15) is 9.90 Å². The quantitative estimate of drug-likeness (QED) is 0.174. The van der Waals surface area contributed by atoms with Crippen LogP contribution in [0, 0.1) is 0 Å². The minimum Gasteiger partial charge on any atom is -0.508 e. The van der Waals surface area contributed by atoms with Crippen LogP contribution in [0.5, 0.6) is 5.75 Å². The number of rotatable bonds is 9. The third-order valence-corrected chi connectivity index (χ3v) is 6.89. The zero-order valence-corrected chi connectivity index (χ0v) is 22.4. The summed E-state index contributed by atoms with van der Waals surface area (Å²) in [5.74, 6) is 0.772. The molecule has 0 bridgehead atoms. The topological polar surface area (TPSA) is 59.0 Å². The van der Waals surface area contributed by atoms with Crippen molar-refractivity contribution in [3.63, 3.8) is 0 Å². The van der Waals surface area contributed by atoms with Gasteiger partial charge >= 0.3 is 6.09 Å². The van der Waals surface area contributed by atoms with Crippen molar-refractivity contribution < 1.29 is 19.4 Å². The van der Waals surface area contributed by atoms with Crippen molar-refractivity contribution in [3.05, 3.63) is 150 Å². The van der Waals surface area contributed by atoms with Gasteiger partial charge in [-0.15, -0.1) is 0 Å². The molecule has 5 rings (SSSR count). The lowest BCUT2D eigenvalue weighted by atomic mass is 9.98. The Morgan fingerprint density at radius 1 is 0.975 bits per heavy atom. The molecule has 5 nitrogen and oxygen atoms in total. The standard InChI is InChI=1S/C35H31NO4/c1-3-26(21-31(37)4-2)29-17-20-32(34(22-29)39-23-25-11-7-5-8-12-25)33-24-40-35(38)36(33)30-18-15-28(16-19-30)27-13-9-6-10-14-27/h3-22,33,37H,1,23-24H2,2H3/b26-21+,31-4+. The first-order valence-corrected chi connectivity index (χ1v) is 13.2. The summed E-state index contributed by atoms with van der Waals surface area (Å²) in [6.07, 6.45) is 4.57. The first-order valence-electron chi connectivity index (χ1n) is 13.2. The molecule has 0 saturated carbocycles. The molecule has 1 saturated heterocycles. The predicted octanol–water partition coefficient (Wildman–Crippen LogP) is 8.66. The summed E-state index contributed by atoms with van der Waals surface area (Å²) in [7, 11) is 0. The molecule has 1 fully saturated rings. The Balaban J connectivity index is 1.51. The number of allylic oxidation sites excluding steroid dienone is 4. The SMILES string of the molecule is C=C/C(=C\C(O)=C/C)c1ccc(C2COC(=O)N2c2ccc(-c3ccccc3)cc2)c(OCc2ccccc2)c1. The summed E-state index contributed by atoms with van der Waals surface area (Å²) in [6.45, 7) is 6.24. The molecule has 1 amide bonds. The van der Waals surface area contributed by atoms with Crippen LogP contribution >= 0.6 is 0 Å². The monoisotopic (exact) mass is 529 g/mol. The number of carbonyl (C=O) groups excluding carboxylic acids is 1. The summed E-state index contributed by atoms with van der Waals surface area (Å²) >= 11 is 0. The van der Waals surface area contributed by atoms with Gasteiger partial charge in [-0.05, 0) is 65.1 Å². The van der Waals surface area contributed by atoms with E-state index in [0.717, 1.165) is 39.1 Å². The summed E-state index contributed by atoms with van der Waals surface area (Å²) in [6, 6.07) is 33.4. The number of nitrogens with zero attached hydrogens (tertiary/aromatic N) is 1. The van der Waals surface area contributed by atoms with Gasteiger partial charge in [0.25, 0.3) is 0 Å². The highest BCUT2D eigenvalue weighted by Crippen LogP contribution is 2.39. The van der Waals surface area contributed by atoms with Crippen LogP contribution in [0.15, 0.2) is 134 Å². The molecule has 0 spiro atoms. The molecule has 1 aliphatic heterocycles.